The van der Waals surface area contributed by atoms with Crippen LogP contribution in [0.5, 0.6) is 0 Å². The van der Waals surface area contributed by atoms with E-state index in [0.717, 1.165) is 53.8 Å². The summed E-state index contributed by atoms with van der Waals surface area (Å²) in [7, 11) is 0. The molecule has 1 aromatic carbocycles. The van der Waals surface area contributed by atoms with Crippen molar-refractivity contribution in [3.63, 3.8) is 0 Å². The van der Waals surface area contributed by atoms with E-state index in [4.69, 9.17) is 4.18 Å². The lowest BCUT2D eigenvalue weighted by Crippen LogP contribution is -2.06. The third-order valence-corrected chi connectivity index (χ3v) is 6.96. The molecule has 1 aromatic heterocycles. The summed E-state index contributed by atoms with van der Waals surface area (Å²) in [5.74, 6) is -0.0592. The highest BCUT2D eigenvalue weighted by Gasteiger charge is 2.30. The van der Waals surface area contributed by atoms with Gasteiger partial charge in [0, 0.05) is 46.0 Å². The minimum Gasteiger partial charge on any atom is -0.358 e. The number of amides is 1. The molecule has 2 aliphatic heterocycles. The molecule has 0 bridgehead atoms. The zero-order valence-corrected chi connectivity index (χ0v) is 17.1. The van der Waals surface area contributed by atoms with E-state index in [1.165, 1.54) is 53.7 Å². The molecule has 1 amide bonds. The molecule has 2 aromatic rings. The van der Waals surface area contributed by atoms with Crippen LogP contribution in [-0.4, -0.2) is 23.8 Å². The van der Waals surface area contributed by atoms with Crippen molar-refractivity contribution in [2.75, 3.05) is 11.9 Å². The number of nitrogens with one attached hydrogen (secondary N) is 2. The summed E-state index contributed by atoms with van der Waals surface area (Å²) in [5.41, 5.74) is 8.65. The van der Waals surface area contributed by atoms with Crippen molar-refractivity contribution < 1.29 is 13.8 Å². The first-order chi connectivity index (χ1) is 14.3. The molecule has 3 heterocycles. The number of carbonyl (C=O) groups is 2. The highest BCUT2D eigenvalue weighted by Crippen LogP contribution is 2.43. The van der Waals surface area contributed by atoms with E-state index in [-0.39, 0.29) is 5.91 Å². The summed E-state index contributed by atoms with van der Waals surface area (Å²) in [5, 5.41) is 3.02. The third kappa shape index (κ3) is 3.34. The van der Waals surface area contributed by atoms with Crippen LogP contribution in [0.1, 0.15) is 59.3 Å². The van der Waals surface area contributed by atoms with E-state index < -0.39 is 0 Å². The first kappa shape index (κ1) is 18.7. The third-order valence-electron chi connectivity index (χ3n) is 6.11. The number of carbonyl (C=O) groups excluding carboxylic acids is 2. The van der Waals surface area contributed by atoms with Crippen LogP contribution in [0.3, 0.4) is 0 Å². The molecule has 6 heteroatoms. The van der Waals surface area contributed by atoms with Crippen LogP contribution in [0.15, 0.2) is 17.0 Å². The standard InChI is InChI=1S/C23H24N2O3S/c26-11-4-6-15-14-5-2-1-3-7-18(14)24-20(15)13-17-22-16-10-12-28-29-21(16)9-8-19(22)25-23(17)27/h8-9,11,13,24H,1-7,10,12H2,(H,25,27)/b17-13-. The minimum atomic E-state index is -0.0592. The van der Waals surface area contributed by atoms with E-state index in [9.17, 15) is 9.59 Å². The highest BCUT2D eigenvalue weighted by atomic mass is 32.2. The van der Waals surface area contributed by atoms with Crippen LogP contribution in [0.2, 0.25) is 0 Å². The molecule has 0 radical (unpaired) electrons. The topological polar surface area (TPSA) is 71.2 Å². The molecule has 3 aliphatic rings. The van der Waals surface area contributed by atoms with Crippen molar-refractivity contribution in [2.45, 2.75) is 56.3 Å². The van der Waals surface area contributed by atoms with Gasteiger partial charge in [0.05, 0.1) is 12.2 Å². The number of aromatic amines is 1. The van der Waals surface area contributed by atoms with Crippen molar-refractivity contribution in [1.82, 2.24) is 4.98 Å². The second-order valence-electron chi connectivity index (χ2n) is 7.87. The fraction of sp³-hybridized carbons (Fsp3) is 0.391. The van der Waals surface area contributed by atoms with Crippen LogP contribution in [0.25, 0.3) is 11.6 Å². The van der Waals surface area contributed by atoms with Gasteiger partial charge >= 0.3 is 0 Å². The Kier molecular flexibility index (Phi) is 5.06. The smallest absolute Gasteiger partial charge is 0.256 e. The molecule has 0 saturated carbocycles. The summed E-state index contributed by atoms with van der Waals surface area (Å²) in [6.45, 7) is 0.650. The van der Waals surface area contributed by atoms with Crippen LogP contribution in [0.4, 0.5) is 5.69 Å². The number of fused-ring (bicyclic) bond motifs is 4. The second kappa shape index (κ2) is 7.84. The normalized spacial score (nSPS) is 19.3. The number of hydrogen-bond acceptors (Lipinski definition) is 4. The fourth-order valence-corrected chi connectivity index (χ4v) is 5.49. The predicted molar refractivity (Wildman–Crippen MR) is 115 cm³/mol. The molecule has 0 saturated heterocycles. The maximum atomic E-state index is 12.9. The van der Waals surface area contributed by atoms with Gasteiger partial charge in [-0.25, -0.2) is 0 Å². The van der Waals surface area contributed by atoms with Crippen LogP contribution < -0.4 is 5.32 Å². The SMILES string of the molecule is O=CCCc1c(/C=C2\C(=O)Nc3ccc4c(c32)CCOS4)[nH]c2c1CCCCC2. The van der Waals surface area contributed by atoms with E-state index in [1.54, 1.807) is 0 Å². The minimum absolute atomic E-state index is 0.0592. The lowest BCUT2D eigenvalue weighted by Gasteiger charge is -2.18. The van der Waals surface area contributed by atoms with Gasteiger partial charge in [0.15, 0.2) is 0 Å². The Labute approximate surface area is 174 Å². The Morgan fingerprint density at radius 3 is 2.90 bits per heavy atom. The van der Waals surface area contributed by atoms with E-state index in [0.29, 0.717) is 18.6 Å². The first-order valence-corrected chi connectivity index (χ1v) is 11.2. The maximum absolute atomic E-state index is 12.9. The first-order valence-electron chi connectivity index (χ1n) is 10.4. The van der Waals surface area contributed by atoms with Gasteiger partial charge in [0.1, 0.15) is 6.29 Å². The number of H-pyrrole nitrogens is 1. The molecular weight excluding hydrogens is 384 g/mol. The highest BCUT2D eigenvalue weighted by molar-refractivity contribution is 7.94. The largest absolute Gasteiger partial charge is 0.358 e. The van der Waals surface area contributed by atoms with Crippen molar-refractivity contribution in [3.8, 4) is 0 Å². The number of rotatable bonds is 4. The number of aryl methyl sites for hydroxylation is 1. The van der Waals surface area contributed by atoms with E-state index in [1.807, 2.05) is 18.2 Å². The molecule has 150 valence electrons. The van der Waals surface area contributed by atoms with Crippen LogP contribution in [0, 0.1) is 0 Å². The van der Waals surface area contributed by atoms with Crippen LogP contribution in [-0.2, 0) is 39.5 Å². The monoisotopic (exact) mass is 408 g/mol. The molecule has 0 fully saturated rings. The van der Waals surface area contributed by atoms with Crippen molar-refractivity contribution in [3.05, 3.63) is 45.8 Å². The van der Waals surface area contributed by atoms with Crippen molar-refractivity contribution >= 4 is 41.6 Å². The lowest BCUT2D eigenvalue weighted by molar-refractivity contribution is -0.111. The number of anilines is 1. The van der Waals surface area contributed by atoms with Gasteiger partial charge in [-0.15, -0.1) is 0 Å². The lowest BCUT2D eigenvalue weighted by atomic mass is 9.95. The van der Waals surface area contributed by atoms with Crippen molar-refractivity contribution in [1.29, 1.82) is 0 Å². The van der Waals surface area contributed by atoms with Gasteiger partial charge in [-0.2, -0.15) is 0 Å². The number of benzene rings is 1. The maximum Gasteiger partial charge on any atom is 0.256 e. The van der Waals surface area contributed by atoms with Gasteiger partial charge in [-0.1, -0.05) is 6.42 Å². The Balaban J connectivity index is 1.63. The van der Waals surface area contributed by atoms with Gasteiger partial charge in [0.2, 0.25) is 0 Å². The van der Waals surface area contributed by atoms with Gasteiger partial charge < -0.3 is 19.3 Å². The molecule has 5 rings (SSSR count). The van der Waals surface area contributed by atoms with Crippen molar-refractivity contribution in [2.24, 2.45) is 0 Å². The average molecular weight is 409 g/mol. The Morgan fingerprint density at radius 2 is 2.00 bits per heavy atom. The number of aldehydes is 1. The Bertz CT molecular complexity index is 1020. The van der Waals surface area contributed by atoms with Gasteiger partial charge in [0.25, 0.3) is 5.91 Å². The Morgan fingerprint density at radius 1 is 1.10 bits per heavy atom. The number of aromatic nitrogens is 1. The van der Waals surface area contributed by atoms with Crippen LogP contribution >= 0.6 is 12.0 Å². The molecular formula is C23H24N2O3S. The summed E-state index contributed by atoms with van der Waals surface area (Å²) < 4.78 is 5.52. The molecule has 29 heavy (non-hydrogen) atoms. The summed E-state index contributed by atoms with van der Waals surface area (Å²) in [6.07, 6.45) is 10.7. The molecule has 0 atom stereocenters. The summed E-state index contributed by atoms with van der Waals surface area (Å²) >= 11 is 1.39. The molecule has 2 N–H and O–H groups in total. The van der Waals surface area contributed by atoms with E-state index >= 15 is 0 Å². The molecule has 0 spiro atoms. The summed E-state index contributed by atoms with van der Waals surface area (Å²) in [4.78, 5) is 28.6. The van der Waals surface area contributed by atoms with E-state index in [2.05, 4.69) is 10.3 Å². The summed E-state index contributed by atoms with van der Waals surface area (Å²) in [6, 6.07) is 3.99. The van der Waals surface area contributed by atoms with Gasteiger partial charge in [-0.05, 0) is 73.4 Å². The second-order valence-corrected chi connectivity index (χ2v) is 8.71. The molecule has 1 aliphatic carbocycles. The predicted octanol–water partition coefficient (Wildman–Crippen LogP) is 4.49. The van der Waals surface area contributed by atoms with Gasteiger partial charge in [-0.3, -0.25) is 4.79 Å². The zero-order chi connectivity index (χ0) is 19.8. The zero-order valence-electron chi connectivity index (χ0n) is 16.3. The number of hydrogen-bond donors (Lipinski definition) is 2. The fourth-order valence-electron chi connectivity index (χ4n) is 4.77. The quantitative estimate of drug-likeness (QED) is 0.338. The Hall–Kier alpha value is -2.31. The average Bonchev–Trinajstić information content (AvgIpc) is 3.12. The molecule has 5 nitrogen and oxygen atoms in total. The molecule has 0 unspecified atom stereocenters.